The zero-order valence-corrected chi connectivity index (χ0v) is 20.8. The molecule has 2 aromatic heterocycles. The van der Waals surface area contributed by atoms with Gasteiger partial charge >= 0.3 is 5.97 Å². The van der Waals surface area contributed by atoms with Gasteiger partial charge in [-0.05, 0) is 57.9 Å². The van der Waals surface area contributed by atoms with Crippen molar-refractivity contribution in [2.75, 3.05) is 17.2 Å². The van der Waals surface area contributed by atoms with Gasteiger partial charge in [-0.3, -0.25) is 14.8 Å². The monoisotopic (exact) mass is 478 g/mol. The Morgan fingerprint density at radius 2 is 1.80 bits per heavy atom. The summed E-state index contributed by atoms with van der Waals surface area (Å²) in [5, 5.41) is 6.86. The van der Waals surface area contributed by atoms with Crippen LogP contribution in [0.15, 0.2) is 40.8 Å². The Morgan fingerprint density at radius 1 is 1.14 bits per heavy atom. The number of anilines is 2. The summed E-state index contributed by atoms with van der Waals surface area (Å²) < 4.78 is 11.5. The molecule has 1 amide bonds. The lowest BCUT2D eigenvalue weighted by Crippen LogP contribution is -2.42. The van der Waals surface area contributed by atoms with Crippen molar-refractivity contribution in [3.63, 3.8) is 0 Å². The van der Waals surface area contributed by atoms with Crippen LogP contribution in [0.3, 0.4) is 0 Å². The van der Waals surface area contributed by atoms with E-state index in [4.69, 9.17) is 14.9 Å². The molecule has 0 atom stereocenters. The normalized spacial score (nSPS) is 18.0. The lowest BCUT2D eigenvalue weighted by Gasteiger charge is -2.32. The quantitative estimate of drug-likeness (QED) is 0.423. The van der Waals surface area contributed by atoms with E-state index in [2.05, 4.69) is 17.1 Å². The van der Waals surface area contributed by atoms with Crippen molar-refractivity contribution in [3.05, 3.63) is 42.0 Å². The predicted octanol–water partition coefficient (Wildman–Crippen LogP) is 5.66. The number of rotatable bonds is 7. The molecule has 0 spiro atoms. The number of nitrogens with zero attached hydrogens (tertiary/aromatic N) is 2. The minimum absolute atomic E-state index is 0.00512. The molecule has 0 unspecified atom stereocenters. The highest BCUT2D eigenvalue weighted by atomic mass is 16.5. The number of furan rings is 1. The maximum Gasteiger partial charge on any atom is 0.343 e. The van der Waals surface area contributed by atoms with Gasteiger partial charge in [-0.2, -0.15) is 5.10 Å². The Kier molecular flexibility index (Phi) is 7.28. The van der Waals surface area contributed by atoms with Crippen molar-refractivity contribution in [1.29, 1.82) is 0 Å². The SMILES string of the molecule is CCOC(=O)c1cc(-c2ccc(-c3cc(N)n[nH]3)cc2)oc1N(C(=O)C1CCC(C)CC1)C(C)C. The molecule has 1 aliphatic carbocycles. The highest BCUT2D eigenvalue weighted by Crippen LogP contribution is 2.37. The van der Waals surface area contributed by atoms with E-state index in [1.807, 2.05) is 38.1 Å². The van der Waals surface area contributed by atoms with E-state index in [9.17, 15) is 9.59 Å². The van der Waals surface area contributed by atoms with Crippen LogP contribution in [0.25, 0.3) is 22.6 Å². The summed E-state index contributed by atoms with van der Waals surface area (Å²) in [6.07, 6.45) is 3.77. The highest BCUT2D eigenvalue weighted by molar-refractivity contribution is 6.03. The number of ether oxygens (including phenoxy) is 1. The molecule has 0 saturated heterocycles. The van der Waals surface area contributed by atoms with Gasteiger partial charge in [0.25, 0.3) is 0 Å². The van der Waals surface area contributed by atoms with Gasteiger partial charge in [0.05, 0.1) is 12.3 Å². The van der Waals surface area contributed by atoms with Crippen molar-refractivity contribution < 1.29 is 18.7 Å². The average Bonchev–Trinajstić information content (AvgIpc) is 3.46. The number of aromatic nitrogens is 2. The number of hydrogen-bond donors (Lipinski definition) is 2. The number of aromatic amines is 1. The Morgan fingerprint density at radius 3 is 2.37 bits per heavy atom. The number of H-pyrrole nitrogens is 1. The topological polar surface area (TPSA) is 114 Å². The second kappa shape index (κ2) is 10.4. The van der Waals surface area contributed by atoms with Gasteiger partial charge in [0, 0.05) is 29.7 Å². The fourth-order valence-electron chi connectivity index (χ4n) is 4.65. The molecular weight excluding hydrogens is 444 g/mol. The van der Waals surface area contributed by atoms with Crippen molar-refractivity contribution >= 4 is 23.6 Å². The molecule has 35 heavy (non-hydrogen) atoms. The Bertz CT molecular complexity index is 1170. The fraction of sp³-hybridized carbons (Fsp3) is 0.444. The molecule has 8 heteroatoms. The van der Waals surface area contributed by atoms with Gasteiger partial charge in [0.2, 0.25) is 11.8 Å². The summed E-state index contributed by atoms with van der Waals surface area (Å²) in [6.45, 7) is 8.09. The lowest BCUT2D eigenvalue weighted by atomic mass is 9.82. The van der Waals surface area contributed by atoms with Gasteiger partial charge in [0.15, 0.2) is 0 Å². The second-order valence-electron chi connectivity index (χ2n) is 9.59. The Balaban J connectivity index is 1.69. The van der Waals surface area contributed by atoms with Crippen LogP contribution in [0.1, 0.15) is 63.7 Å². The third-order valence-electron chi connectivity index (χ3n) is 6.62. The summed E-state index contributed by atoms with van der Waals surface area (Å²) in [7, 11) is 0. The van der Waals surface area contributed by atoms with Crippen LogP contribution in [0, 0.1) is 11.8 Å². The maximum absolute atomic E-state index is 13.6. The third-order valence-corrected chi connectivity index (χ3v) is 6.62. The number of nitrogens with two attached hydrogens (primary N) is 1. The zero-order chi connectivity index (χ0) is 25.1. The fourth-order valence-corrected chi connectivity index (χ4v) is 4.65. The number of nitrogens with one attached hydrogen (secondary N) is 1. The first kappa shape index (κ1) is 24.6. The van der Waals surface area contributed by atoms with Crippen LogP contribution >= 0.6 is 0 Å². The molecule has 2 heterocycles. The van der Waals surface area contributed by atoms with Gasteiger partial charge in [-0.15, -0.1) is 0 Å². The van der Waals surface area contributed by atoms with Crippen molar-refractivity contribution in [3.8, 4) is 22.6 Å². The van der Waals surface area contributed by atoms with Gasteiger partial charge in [-0.25, -0.2) is 4.79 Å². The zero-order valence-electron chi connectivity index (χ0n) is 20.8. The van der Waals surface area contributed by atoms with Gasteiger partial charge < -0.3 is 14.9 Å². The van der Waals surface area contributed by atoms with E-state index in [0.717, 1.165) is 42.5 Å². The Hall–Kier alpha value is -3.55. The first-order valence-electron chi connectivity index (χ1n) is 12.3. The van der Waals surface area contributed by atoms with E-state index in [-0.39, 0.29) is 35.9 Å². The van der Waals surface area contributed by atoms with Crippen LogP contribution in [0.2, 0.25) is 0 Å². The largest absolute Gasteiger partial charge is 0.462 e. The molecule has 4 rings (SSSR count). The van der Waals surface area contributed by atoms with E-state index >= 15 is 0 Å². The molecule has 0 bridgehead atoms. The molecule has 0 aliphatic heterocycles. The number of esters is 1. The van der Waals surface area contributed by atoms with Crippen LogP contribution in [0.4, 0.5) is 11.7 Å². The molecule has 186 valence electrons. The molecular formula is C27H34N4O4. The number of benzene rings is 1. The molecule has 1 aliphatic rings. The highest BCUT2D eigenvalue weighted by Gasteiger charge is 2.35. The molecule has 8 nitrogen and oxygen atoms in total. The predicted molar refractivity (Wildman–Crippen MR) is 136 cm³/mol. The molecule has 3 N–H and O–H groups in total. The minimum atomic E-state index is -0.502. The van der Waals surface area contributed by atoms with E-state index in [1.54, 1.807) is 24.0 Å². The summed E-state index contributed by atoms with van der Waals surface area (Å²) in [5.74, 6) is 1.24. The molecule has 1 aromatic carbocycles. The number of nitrogen functional groups attached to an aromatic ring is 1. The van der Waals surface area contributed by atoms with Crippen LogP contribution in [-0.4, -0.2) is 34.7 Å². The van der Waals surface area contributed by atoms with Crippen molar-refractivity contribution in [1.82, 2.24) is 10.2 Å². The molecule has 1 saturated carbocycles. The standard InChI is InChI=1S/C27H34N4O4/c1-5-34-27(33)21-14-23(19-12-10-18(11-13-19)22-15-24(28)30-29-22)35-26(21)31(16(2)3)25(32)20-8-6-17(4)7-9-20/h10-17,20H,5-9H2,1-4H3,(H3,28,29,30). The van der Waals surface area contributed by atoms with Crippen molar-refractivity contribution in [2.24, 2.45) is 11.8 Å². The summed E-state index contributed by atoms with van der Waals surface area (Å²) in [4.78, 5) is 28.1. The number of hydrogen-bond acceptors (Lipinski definition) is 6. The van der Waals surface area contributed by atoms with E-state index in [0.29, 0.717) is 17.5 Å². The summed E-state index contributed by atoms with van der Waals surface area (Å²) in [6, 6.07) is 10.9. The number of amides is 1. The third kappa shape index (κ3) is 5.26. The first-order valence-corrected chi connectivity index (χ1v) is 12.3. The molecule has 3 aromatic rings. The first-order chi connectivity index (χ1) is 16.8. The molecule has 0 radical (unpaired) electrons. The smallest absolute Gasteiger partial charge is 0.343 e. The van der Waals surface area contributed by atoms with E-state index in [1.165, 1.54) is 0 Å². The second-order valence-corrected chi connectivity index (χ2v) is 9.59. The van der Waals surface area contributed by atoms with Gasteiger partial charge in [0.1, 0.15) is 17.1 Å². The minimum Gasteiger partial charge on any atom is -0.462 e. The van der Waals surface area contributed by atoms with E-state index < -0.39 is 5.97 Å². The Labute approximate surface area is 205 Å². The van der Waals surface area contributed by atoms with Crippen LogP contribution < -0.4 is 10.6 Å². The summed E-state index contributed by atoms with van der Waals surface area (Å²) in [5.41, 5.74) is 8.48. The van der Waals surface area contributed by atoms with Crippen LogP contribution in [-0.2, 0) is 9.53 Å². The maximum atomic E-state index is 13.6. The number of carbonyl (C=O) groups is 2. The molecule has 1 fully saturated rings. The average molecular weight is 479 g/mol. The van der Waals surface area contributed by atoms with Crippen molar-refractivity contribution in [2.45, 2.75) is 59.4 Å². The summed E-state index contributed by atoms with van der Waals surface area (Å²) >= 11 is 0. The lowest BCUT2D eigenvalue weighted by molar-refractivity contribution is -0.124. The van der Waals surface area contributed by atoms with Gasteiger partial charge in [-0.1, -0.05) is 31.2 Å². The van der Waals surface area contributed by atoms with Crippen LogP contribution in [0.5, 0.6) is 0 Å². The number of carbonyl (C=O) groups excluding carboxylic acids is 2.